The van der Waals surface area contributed by atoms with E-state index in [0.29, 0.717) is 19.3 Å². The van der Waals surface area contributed by atoms with Gasteiger partial charge in [-0.1, -0.05) is 248 Å². The highest BCUT2D eigenvalue weighted by Crippen LogP contribution is 2.16. The van der Waals surface area contributed by atoms with Crippen LogP contribution in [-0.2, 0) is 28.6 Å². The van der Waals surface area contributed by atoms with Gasteiger partial charge in [-0.05, 0) is 83.5 Å². The van der Waals surface area contributed by atoms with Gasteiger partial charge in [0.05, 0.1) is 0 Å². The molecule has 0 aliphatic rings. The van der Waals surface area contributed by atoms with Gasteiger partial charge in [0.2, 0.25) is 0 Å². The SMILES string of the molecule is CC/C=C\C/C=C\C/C=C\C/C=C\CCCCCCC(=O)OC[C@H](COC(=O)CCCCCCCCCCCCCCCCCCCCC)OC(=O)CCCCCCC/C=C\CCCCCC. The second kappa shape index (κ2) is 55.7. The Morgan fingerprint density at radius 1 is 0.313 bits per heavy atom. The van der Waals surface area contributed by atoms with Crippen LogP contribution >= 0.6 is 0 Å². The molecule has 0 radical (unpaired) electrons. The standard InChI is InChI=1S/C61H108O6/c1-4-7-10-13-16-19-22-25-27-29-30-32-34-37-39-42-45-48-51-54-60(63)66-57-58(67-61(64)55-52-49-46-43-40-35-24-21-18-15-12-9-6-3)56-65-59(62)53-50-47-44-41-38-36-33-31-28-26-23-20-17-14-11-8-5-2/h8,11,17,20-21,24,26,28,33,36,58H,4-7,9-10,12-16,18-19,22-23,25,27,29-32,34-35,37-57H2,1-3H3/b11-8-,20-17-,24-21-,28-26-,36-33-/t58-/m1/s1. The van der Waals surface area contributed by atoms with Crippen molar-refractivity contribution in [1.29, 1.82) is 0 Å². The first-order chi connectivity index (χ1) is 33.0. The average Bonchev–Trinajstić information content (AvgIpc) is 3.33. The van der Waals surface area contributed by atoms with E-state index in [2.05, 4.69) is 81.5 Å². The molecule has 0 saturated carbocycles. The molecule has 0 unspecified atom stereocenters. The Morgan fingerprint density at radius 2 is 0.582 bits per heavy atom. The van der Waals surface area contributed by atoms with Crippen molar-refractivity contribution >= 4 is 17.9 Å². The van der Waals surface area contributed by atoms with E-state index >= 15 is 0 Å². The highest BCUT2D eigenvalue weighted by molar-refractivity contribution is 5.71. The van der Waals surface area contributed by atoms with Crippen LogP contribution in [0.5, 0.6) is 0 Å². The lowest BCUT2D eigenvalue weighted by atomic mass is 10.0. The van der Waals surface area contributed by atoms with Gasteiger partial charge in [0.15, 0.2) is 6.10 Å². The molecule has 388 valence electrons. The normalized spacial score (nSPS) is 12.5. The summed E-state index contributed by atoms with van der Waals surface area (Å²) in [6, 6.07) is 0. The smallest absolute Gasteiger partial charge is 0.306 e. The second-order valence-corrected chi connectivity index (χ2v) is 19.2. The van der Waals surface area contributed by atoms with Crippen LogP contribution in [0.15, 0.2) is 60.8 Å². The van der Waals surface area contributed by atoms with Gasteiger partial charge in [-0.3, -0.25) is 14.4 Å². The largest absolute Gasteiger partial charge is 0.462 e. The Kier molecular flexibility index (Phi) is 53.3. The van der Waals surface area contributed by atoms with Crippen LogP contribution in [0.3, 0.4) is 0 Å². The number of esters is 3. The monoisotopic (exact) mass is 937 g/mol. The lowest BCUT2D eigenvalue weighted by Crippen LogP contribution is -2.30. The molecule has 0 aliphatic heterocycles. The molecule has 0 spiro atoms. The first-order valence-electron chi connectivity index (χ1n) is 28.8. The summed E-state index contributed by atoms with van der Waals surface area (Å²) in [4.78, 5) is 38.1. The zero-order valence-electron chi connectivity index (χ0n) is 44.4. The lowest BCUT2D eigenvalue weighted by Gasteiger charge is -2.18. The third-order valence-corrected chi connectivity index (χ3v) is 12.5. The van der Waals surface area contributed by atoms with Crippen molar-refractivity contribution in [2.24, 2.45) is 0 Å². The van der Waals surface area contributed by atoms with Crippen LogP contribution in [-0.4, -0.2) is 37.2 Å². The number of unbranched alkanes of at least 4 members (excludes halogenated alkanes) is 31. The summed E-state index contributed by atoms with van der Waals surface area (Å²) in [5.41, 5.74) is 0. The van der Waals surface area contributed by atoms with Gasteiger partial charge in [-0.15, -0.1) is 0 Å². The maximum absolute atomic E-state index is 12.8. The third kappa shape index (κ3) is 53.9. The summed E-state index contributed by atoms with van der Waals surface area (Å²) in [6.07, 6.45) is 69.3. The van der Waals surface area contributed by atoms with Gasteiger partial charge in [0.1, 0.15) is 13.2 Å². The fraction of sp³-hybridized carbons (Fsp3) is 0.787. The molecule has 0 aromatic carbocycles. The van der Waals surface area contributed by atoms with Crippen molar-refractivity contribution in [3.63, 3.8) is 0 Å². The minimum atomic E-state index is -0.787. The fourth-order valence-corrected chi connectivity index (χ4v) is 8.19. The van der Waals surface area contributed by atoms with Gasteiger partial charge in [0, 0.05) is 19.3 Å². The summed E-state index contributed by atoms with van der Waals surface area (Å²) < 4.78 is 16.8. The molecule has 6 nitrogen and oxygen atoms in total. The number of hydrogen-bond acceptors (Lipinski definition) is 6. The highest BCUT2D eigenvalue weighted by atomic mass is 16.6. The molecule has 0 fully saturated rings. The summed E-state index contributed by atoms with van der Waals surface area (Å²) in [5, 5.41) is 0. The van der Waals surface area contributed by atoms with E-state index in [9.17, 15) is 14.4 Å². The molecule has 6 heteroatoms. The predicted molar refractivity (Wildman–Crippen MR) is 288 cm³/mol. The zero-order chi connectivity index (χ0) is 48.6. The average molecular weight is 938 g/mol. The second-order valence-electron chi connectivity index (χ2n) is 19.2. The number of carbonyl (C=O) groups is 3. The van der Waals surface area contributed by atoms with Gasteiger partial charge < -0.3 is 14.2 Å². The van der Waals surface area contributed by atoms with E-state index in [4.69, 9.17) is 14.2 Å². The van der Waals surface area contributed by atoms with Crippen molar-refractivity contribution < 1.29 is 28.6 Å². The van der Waals surface area contributed by atoms with E-state index in [1.54, 1.807) is 0 Å². The zero-order valence-corrected chi connectivity index (χ0v) is 44.4. The van der Waals surface area contributed by atoms with E-state index in [1.807, 2.05) is 0 Å². The highest BCUT2D eigenvalue weighted by Gasteiger charge is 2.19. The quantitative estimate of drug-likeness (QED) is 0.0262. The number of carbonyl (C=O) groups excluding carboxylic acids is 3. The molecule has 67 heavy (non-hydrogen) atoms. The topological polar surface area (TPSA) is 78.9 Å². The van der Waals surface area contributed by atoms with Gasteiger partial charge in [0.25, 0.3) is 0 Å². The Bertz CT molecular complexity index is 1210. The molecule has 0 heterocycles. The molecule has 0 aromatic rings. The molecule has 0 bridgehead atoms. The van der Waals surface area contributed by atoms with Crippen molar-refractivity contribution in [2.45, 2.75) is 297 Å². The molecule has 1 atom stereocenters. The van der Waals surface area contributed by atoms with Crippen LogP contribution in [0.4, 0.5) is 0 Å². The van der Waals surface area contributed by atoms with Crippen molar-refractivity contribution in [3.8, 4) is 0 Å². The van der Waals surface area contributed by atoms with Gasteiger partial charge >= 0.3 is 17.9 Å². The Balaban J connectivity index is 4.36. The van der Waals surface area contributed by atoms with Crippen LogP contribution in [0.2, 0.25) is 0 Å². The summed E-state index contributed by atoms with van der Waals surface area (Å²) >= 11 is 0. The summed E-state index contributed by atoms with van der Waals surface area (Å²) in [7, 11) is 0. The summed E-state index contributed by atoms with van der Waals surface area (Å²) in [6.45, 7) is 6.51. The Hall–Kier alpha value is -2.89. The number of ether oxygens (including phenoxy) is 3. The maximum Gasteiger partial charge on any atom is 0.306 e. The van der Waals surface area contributed by atoms with Gasteiger partial charge in [-0.2, -0.15) is 0 Å². The molecule has 0 N–H and O–H groups in total. The van der Waals surface area contributed by atoms with E-state index in [1.165, 1.54) is 141 Å². The number of allylic oxidation sites excluding steroid dienone is 10. The maximum atomic E-state index is 12.8. The Morgan fingerprint density at radius 3 is 0.940 bits per heavy atom. The Labute approximate surface area is 415 Å². The van der Waals surface area contributed by atoms with Crippen molar-refractivity contribution in [1.82, 2.24) is 0 Å². The first-order valence-corrected chi connectivity index (χ1v) is 28.8. The molecule has 0 aromatic heterocycles. The van der Waals surface area contributed by atoms with E-state index in [-0.39, 0.29) is 31.1 Å². The van der Waals surface area contributed by atoms with Crippen LogP contribution in [0, 0.1) is 0 Å². The molecule has 0 aliphatic carbocycles. The number of hydrogen-bond donors (Lipinski definition) is 0. The van der Waals surface area contributed by atoms with Crippen molar-refractivity contribution in [2.75, 3.05) is 13.2 Å². The first kappa shape index (κ1) is 64.1. The molecular formula is C61H108O6. The molecular weight excluding hydrogens is 829 g/mol. The minimum absolute atomic E-state index is 0.0829. The predicted octanol–water partition coefficient (Wildman–Crippen LogP) is 19.2. The third-order valence-electron chi connectivity index (χ3n) is 12.5. The van der Waals surface area contributed by atoms with Crippen LogP contribution in [0.25, 0.3) is 0 Å². The molecule has 0 saturated heterocycles. The van der Waals surface area contributed by atoms with Gasteiger partial charge in [-0.25, -0.2) is 0 Å². The van der Waals surface area contributed by atoms with E-state index in [0.717, 1.165) is 109 Å². The number of rotatable bonds is 52. The summed E-state index contributed by atoms with van der Waals surface area (Å²) in [5.74, 6) is -0.905. The molecule has 0 rings (SSSR count). The van der Waals surface area contributed by atoms with Crippen LogP contribution < -0.4 is 0 Å². The van der Waals surface area contributed by atoms with Crippen LogP contribution in [0.1, 0.15) is 290 Å². The molecule has 0 amide bonds. The lowest BCUT2D eigenvalue weighted by molar-refractivity contribution is -0.167. The van der Waals surface area contributed by atoms with E-state index < -0.39 is 6.10 Å². The minimum Gasteiger partial charge on any atom is -0.462 e. The fourth-order valence-electron chi connectivity index (χ4n) is 8.19. The van der Waals surface area contributed by atoms with Crippen molar-refractivity contribution in [3.05, 3.63) is 60.8 Å².